The van der Waals surface area contributed by atoms with Gasteiger partial charge in [0.15, 0.2) is 0 Å². The minimum atomic E-state index is 0.755. The summed E-state index contributed by atoms with van der Waals surface area (Å²) in [5.74, 6) is 0. The predicted octanol–water partition coefficient (Wildman–Crippen LogP) is 5.44. The second kappa shape index (κ2) is 15.4. The lowest BCUT2D eigenvalue weighted by molar-refractivity contribution is -0.107. The van der Waals surface area contributed by atoms with Crippen LogP contribution in [-0.4, -0.2) is 6.29 Å². The van der Waals surface area contributed by atoms with Crippen LogP contribution in [0.1, 0.15) is 83.5 Å². The number of hydrogen-bond acceptors (Lipinski definition) is 1. The summed E-state index contributed by atoms with van der Waals surface area (Å²) in [6, 6.07) is 0. The molecule has 0 saturated carbocycles. The summed E-state index contributed by atoms with van der Waals surface area (Å²) in [7, 11) is 0. The molecule has 17 heavy (non-hydrogen) atoms. The Morgan fingerprint density at radius 2 is 0.941 bits per heavy atom. The van der Waals surface area contributed by atoms with E-state index >= 15 is 0 Å². The highest BCUT2D eigenvalue weighted by Gasteiger charge is 1.93. The van der Waals surface area contributed by atoms with Crippen LogP contribution in [-0.2, 0) is 4.79 Å². The average Bonchev–Trinajstić information content (AvgIpc) is 2.35. The van der Waals surface area contributed by atoms with Gasteiger partial charge >= 0.3 is 0 Å². The molecule has 100 valence electrons. The molecular formula is C16H30O. The van der Waals surface area contributed by atoms with Crippen molar-refractivity contribution in [2.75, 3.05) is 0 Å². The first-order chi connectivity index (χ1) is 8.41. The van der Waals surface area contributed by atoms with Crippen molar-refractivity contribution in [1.29, 1.82) is 0 Å². The van der Waals surface area contributed by atoms with Gasteiger partial charge in [0.05, 0.1) is 0 Å². The van der Waals surface area contributed by atoms with Gasteiger partial charge in [0.2, 0.25) is 0 Å². The van der Waals surface area contributed by atoms with Gasteiger partial charge in [0.25, 0.3) is 0 Å². The van der Waals surface area contributed by atoms with Gasteiger partial charge in [0.1, 0.15) is 6.29 Å². The lowest BCUT2D eigenvalue weighted by atomic mass is 10.0. The zero-order chi connectivity index (χ0) is 12.6. The Bertz CT molecular complexity index is 145. The van der Waals surface area contributed by atoms with E-state index < -0.39 is 0 Å². The summed E-state index contributed by atoms with van der Waals surface area (Å²) in [6.45, 7) is 3.74. The number of rotatable bonds is 14. The predicted molar refractivity (Wildman–Crippen MR) is 76.3 cm³/mol. The van der Waals surface area contributed by atoms with Crippen LogP contribution in [0, 0.1) is 0 Å². The molecule has 0 rings (SSSR count). The molecular weight excluding hydrogens is 208 g/mol. The Balaban J connectivity index is 2.89. The molecule has 0 unspecified atom stereocenters. The molecule has 0 spiro atoms. The van der Waals surface area contributed by atoms with Gasteiger partial charge < -0.3 is 4.79 Å². The van der Waals surface area contributed by atoms with Crippen LogP contribution < -0.4 is 0 Å². The fourth-order valence-corrected chi connectivity index (χ4v) is 2.11. The minimum Gasteiger partial charge on any atom is -0.303 e. The van der Waals surface area contributed by atoms with Gasteiger partial charge in [-0.25, -0.2) is 0 Å². The fourth-order valence-electron chi connectivity index (χ4n) is 2.11. The molecule has 0 bridgehead atoms. The number of hydrogen-bond donors (Lipinski definition) is 0. The van der Waals surface area contributed by atoms with Gasteiger partial charge in [-0.05, 0) is 19.3 Å². The summed E-state index contributed by atoms with van der Waals surface area (Å²) in [6.07, 6.45) is 19.7. The topological polar surface area (TPSA) is 17.1 Å². The van der Waals surface area contributed by atoms with Gasteiger partial charge in [-0.3, -0.25) is 0 Å². The summed E-state index contributed by atoms with van der Waals surface area (Å²) < 4.78 is 0. The first kappa shape index (κ1) is 16.4. The van der Waals surface area contributed by atoms with Crippen molar-refractivity contribution >= 4 is 6.29 Å². The van der Waals surface area contributed by atoms with E-state index in [2.05, 4.69) is 6.58 Å². The standard InChI is InChI=1S/C16H30O/c1-2-3-4-5-6-7-8-9-10-11-12-13-14-15-16-17/h2,16H,1,3-15H2. The van der Waals surface area contributed by atoms with Crippen molar-refractivity contribution in [2.24, 2.45) is 0 Å². The van der Waals surface area contributed by atoms with Gasteiger partial charge in [0, 0.05) is 6.42 Å². The molecule has 0 aliphatic carbocycles. The maximum absolute atomic E-state index is 10.1. The molecule has 0 aromatic heterocycles. The fraction of sp³-hybridized carbons (Fsp3) is 0.812. The average molecular weight is 238 g/mol. The minimum absolute atomic E-state index is 0.755. The first-order valence-corrected chi connectivity index (χ1v) is 7.46. The Morgan fingerprint density at radius 1 is 0.588 bits per heavy atom. The largest absolute Gasteiger partial charge is 0.303 e. The summed E-state index contributed by atoms with van der Waals surface area (Å²) in [5, 5.41) is 0. The molecule has 0 aliphatic rings. The van der Waals surface area contributed by atoms with E-state index in [9.17, 15) is 4.79 Å². The third-order valence-electron chi connectivity index (χ3n) is 3.23. The number of allylic oxidation sites excluding steroid dienone is 1. The number of unbranched alkanes of at least 4 members (excludes halogenated alkanes) is 12. The van der Waals surface area contributed by atoms with E-state index in [0.29, 0.717) is 0 Å². The van der Waals surface area contributed by atoms with Crippen molar-refractivity contribution in [3.63, 3.8) is 0 Å². The number of aldehydes is 1. The van der Waals surface area contributed by atoms with Crippen LogP contribution in [0.5, 0.6) is 0 Å². The van der Waals surface area contributed by atoms with Crippen molar-refractivity contribution in [3.8, 4) is 0 Å². The maximum Gasteiger partial charge on any atom is 0.119 e. The molecule has 0 fully saturated rings. The highest BCUT2D eigenvalue weighted by Crippen LogP contribution is 2.12. The van der Waals surface area contributed by atoms with Gasteiger partial charge in [-0.15, -0.1) is 6.58 Å². The number of carbonyl (C=O) groups is 1. The van der Waals surface area contributed by atoms with E-state index in [0.717, 1.165) is 19.1 Å². The third kappa shape index (κ3) is 15.4. The van der Waals surface area contributed by atoms with Crippen LogP contribution in [0.3, 0.4) is 0 Å². The number of carbonyl (C=O) groups excluding carboxylic acids is 1. The Kier molecular flexibility index (Phi) is 14.9. The van der Waals surface area contributed by atoms with Gasteiger partial charge in [-0.1, -0.05) is 63.9 Å². The Labute approximate surface area is 108 Å². The Hall–Kier alpha value is -0.590. The summed E-state index contributed by atoms with van der Waals surface area (Å²) in [5.41, 5.74) is 0. The van der Waals surface area contributed by atoms with Crippen LogP contribution in [0.2, 0.25) is 0 Å². The molecule has 0 amide bonds. The molecule has 1 heteroatoms. The highest BCUT2D eigenvalue weighted by atomic mass is 16.1. The molecule has 0 atom stereocenters. The first-order valence-electron chi connectivity index (χ1n) is 7.46. The molecule has 0 radical (unpaired) electrons. The monoisotopic (exact) mass is 238 g/mol. The molecule has 0 saturated heterocycles. The summed E-state index contributed by atoms with van der Waals surface area (Å²) >= 11 is 0. The van der Waals surface area contributed by atoms with Crippen molar-refractivity contribution < 1.29 is 4.79 Å². The second-order valence-electron chi connectivity index (χ2n) is 4.92. The Morgan fingerprint density at radius 3 is 1.29 bits per heavy atom. The van der Waals surface area contributed by atoms with Crippen LogP contribution >= 0.6 is 0 Å². The molecule has 0 N–H and O–H groups in total. The van der Waals surface area contributed by atoms with Crippen molar-refractivity contribution in [1.82, 2.24) is 0 Å². The molecule has 0 aliphatic heterocycles. The van der Waals surface area contributed by atoms with Gasteiger partial charge in [-0.2, -0.15) is 0 Å². The quantitative estimate of drug-likeness (QED) is 0.224. The SMILES string of the molecule is C=CCCCCCCCCCCCCCC=O. The van der Waals surface area contributed by atoms with E-state index in [-0.39, 0.29) is 0 Å². The highest BCUT2D eigenvalue weighted by molar-refractivity contribution is 5.48. The normalized spacial score (nSPS) is 10.4. The lowest BCUT2D eigenvalue weighted by Crippen LogP contribution is -1.83. The maximum atomic E-state index is 10.1. The molecule has 0 aromatic rings. The van der Waals surface area contributed by atoms with Crippen molar-refractivity contribution in [2.45, 2.75) is 83.5 Å². The van der Waals surface area contributed by atoms with Crippen LogP contribution in [0.15, 0.2) is 12.7 Å². The molecule has 0 heterocycles. The second-order valence-corrected chi connectivity index (χ2v) is 4.92. The van der Waals surface area contributed by atoms with E-state index in [1.807, 2.05) is 6.08 Å². The molecule has 0 aromatic carbocycles. The van der Waals surface area contributed by atoms with E-state index in [1.165, 1.54) is 70.6 Å². The molecule has 1 nitrogen and oxygen atoms in total. The van der Waals surface area contributed by atoms with Crippen LogP contribution in [0.4, 0.5) is 0 Å². The van der Waals surface area contributed by atoms with Crippen molar-refractivity contribution in [3.05, 3.63) is 12.7 Å². The zero-order valence-electron chi connectivity index (χ0n) is 11.5. The lowest BCUT2D eigenvalue weighted by Gasteiger charge is -2.01. The zero-order valence-corrected chi connectivity index (χ0v) is 11.5. The van der Waals surface area contributed by atoms with E-state index in [4.69, 9.17) is 0 Å². The third-order valence-corrected chi connectivity index (χ3v) is 3.23. The summed E-state index contributed by atoms with van der Waals surface area (Å²) in [4.78, 5) is 10.1. The van der Waals surface area contributed by atoms with Crippen LogP contribution in [0.25, 0.3) is 0 Å². The smallest absolute Gasteiger partial charge is 0.119 e. The van der Waals surface area contributed by atoms with E-state index in [1.54, 1.807) is 0 Å².